The van der Waals surface area contributed by atoms with Crippen LogP contribution in [0.5, 0.6) is 5.75 Å². The number of ether oxygens (including phenoxy) is 1. The summed E-state index contributed by atoms with van der Waals surface area (Å²) in [6.45, 7) is 3.68. The summed E-state index contributed by atoms with van der Waals surface area (Å²) in [4.78, 5) is 22.9. The maximum atomic E-state index is 12.3. The molecule has 30 heavy (non-hydrogen) atoms. The van der Waals surface area contributed by atoms with Gasteiger partial charge in [-0.1, -0.05) is 41.3 Å². The van der Waals surface area contributed by atoms with E-state index in [4.69, 9.17) is 4.74 Å². The van der Waals surface area contributed by atoms with Crippen molar-refractivity contribution in [1.29, 1.82) is 0 Å². The molecule has 0 aliphatic heterocycles. The minimum Gasteiger partial charge on any atom is -0.490 e. The highest BCUT2D eigenvalue weighted by atomic mass is 32.2. The number of aromatic nitrogens is 2. The molecule has 0 aliphatic rings. The number of nitrogens with one attached hydrogen (secondary N) is 2. The Labute approximate surface area is 181 Å². The molecule has 0 spiro atoms. The summed E-state index contributed by atoms with van der Waals surface area (Å²) in [6.07, 6.45) is 0. The highest BCUT2D eigenvalue weighted by molar-refractivity contribution is 8.01. The number of nitro benzene ring substituents is 1. The molecule has 3 aromatic rings. The lowest BCUT2D eigenvalue weighted by Gasteiger charge is -2.10. The maximum absolute atomic E-state index is 12.3. The van der Waals surface area contributed by atoms with Crippen LogP contribution in [-0.4, -0.2) is 33.9 Å². The van der Waals surface area contributed by atoms with Gasteiger partial charge in [0, 0.05) is 23.5 Å². The Balaban J connectivity index is 1.60. The highest BCUT2D eigenvalue weighted by Crippen LogP contribution is 2.33. The monoisotopic (exact) mass is 445 g/mol. The molecule has 1 heterocycles. The number of methoxy groups -OCH3 is 1. The third-order valence-electron chi connectivity index (χ3n) is 4.12. The fraction of sp³-hybridized carbons (Fsp3) is 0.211. The van der Waals surface area contributed by atoms with Gasteiger partial charge in [-0.25, -0.2) is 0 Å². The summed E-state index contributed by atoms with van der Waals surface area (Å²) < 4.78 is 5.70. The first-order valence-electron chi connectivity index (χ1n) is 8.79. The van der Waals surface area contributed by atoms with Gasteiger partial charge in [0.25, 0.3) is 0 Å². The molecular weight excluding hydrogens is 426 g/mol. The summed E-state index contributed by atoms with van der Waals surface area (Å²) in [5.74, 6) is -0.0511. The Kier molecular flexibility index (Phi) is 6.85. The normalized spacial score (nSPS) is 10.5. The lowest BCUT2D eigenvalue weighted by Crippen LogP contribution is -2.15. The standard InChI is InChI=1S/C19H19N5O4S2/c1-11-6-4-5-7-13(11)21-18-22-23-19(30-18)29-10-17(25)20-14-9-16(28-3)15(24(26)27)8-12(14)2/h4-9H,10H2,1-3H3,(H,20,25)(H,21,22). The third-order valence-corrected chi connectivity index (χ3v) is 6.09. The zero-order valence-corrected chi connectivity index (χ0v) is 18.1. The average Bonchev–Trinajstić information content (AvgIpc) is 3.16. The molecular formula is C19H19N5O4S2. The van der Waals surface area contributed by atoms with Crippen LogP contribution in [0.1, 0.15) is 11.1 Å². The van der Waals surface area contributed by atoms with E-state index in [2.05, 4.69) is 20.8 Å². The number of nitro groups is 1. The molecule has 1 amide bonds. The fourth-order valence-electron chi connectivity index (χ4n) is 2.57. The number of para-hydroxylation sites is 1. The number of thioether (sulfide) groups is 1. The number of anilines is 3. The zero-order chi connectivity index (χ0) is 21.7. The fourth-order valence-corrected chi connectivity index (χ4v) is 4.14. The molecule has 156 valence electrons. The van der Waals surface area contributed by atoms with Gasteiger partial charge in [0.2, 0.25) is 11.0 Å². The van der Waals surface area contributed by atoms with Crippen molar-refractivity contribution in [3.8, 4) is 5.75 Å². The van der Waals surface area contributed by atoms with E-state index in [0.717, 1.165) is 11.3 Å². The number of amides is 1. The molecule has 3 rings (SSSR count). The van der Waals surface area contributed by atoms with E-state index in [1.54, 1.807) is 6.92 Å². The average molecular weight is 446 g/mol. The lowest BCUT2D eigenvalue weighted by molar-refractivity contribution is -0.385. The number of benzene rings is 2. The van der Waals surface area contributed by atoms with E-state index in [0.29, 0.717) is 20.7 Å². The van der Waals surface area contributed by atoms with Crippen LogP contribution >= 0.6 is 23.1 Å². The Bertz CT molecular complexity index is 1090. The Morgan fingerprint density at radius 3 is 2.67 bits per heavy atom. The van der Waals surface area contributed by atoms with Crippen LogP contribution in [-0.2, 0) is 4.79 Å². The van der Waals surface area contributed by atoms with Crippen molar-refractivity contribution in [2.24, 2.45) is 0 Å². The van der Waals surface area contributed by atoms with E-state index in [1.807, 2.05) is 31.2 Å². The van der Waals surface area contributed by atoms with Gasteiger partial charge in [-0.2, -0.15) is 0 Å². The minimum absolute atomic E-state index is 0.0876. The van der Waals surface area contributed by atoms with E-state index in [9.17, 15) is 14.9 Å². The summed E-state index contributed by atoms with van der Waals surface area (Å²) in [5, 5.41) is 25.9. The van der Waals surface area contributed by atoms with Gasteiger partial charge < -0.3 is 15.4 Å². The van der Waals surface area contributed by atoms with Gasteiger partial charge in [0.05, 0.1) is 17.8 Å². The van der Waals surface area contributed by atoms with Gasteiger partial charge in [-0.05, 0) is 31.0 Å². The van der Waals surface area contributed by atoms with E-state index in [1.165, 1.54) is 42.3 Å². The molecule has 0 unspecified atom stereocenters. The second kappa shape index (κ2) is 9.55. The molecule has 0 atom stereocenters. The number of nitrogens with zero attached hydrogens (tertiary/aromatic N) is 3. The number of hydrogen-bond donors (Lipinski definition) is 2. The Morgan fingerprint density at radius 2 is 1.97 bits per heavy atom. The summed E-state index contributed by atoms with van der Waals surface area (Å²) in [7, 11) is 1.34. The number of aryl methyl sites for hydroxylation is 2. The van der Waals surface area contributed by atoms with Crippen LogP contribution in [0.2, 0.25) is 0 Å². The van der Waals surface area contributed by atoms with Gasteiger partial charge in [-0.3, -0.25) is 14.9 Å². The van der Waals surface area contributed by atoms with Crippen LogP contribution in [0.25, 0.3) is 0 Å². The van der Waals surface area contributed by atoms with Crippen molar-refractivity contribution in [3.63, 3.8) is 0 Å². The first kappa shape index (κ1) is 21.5. The topological polar surface area (TPSA) is 119 Å². The van der Waals surface area contributed by atoms with Crippen molar-refractivity contribution in [1.82, 2.24) is 10.2 Å². The minimum atomic E-state index is -0.523. The van der Waals surface area contributed by atoms with Crippen molar-refractivity contribution in [3.05, 3.63) is 57.6 Å². The second-order valence-electron chi connectivity index (χ2n) is 6.25. The van der Waals surface area contributed by atoms with Crippen molar-refractivity contribution < 1.29 is 14.5 Å². The van der Waals surface area contributed by atoms with Crippen LogP contribution < -0.4 is 15.4 Å². The Morgan fingerprint density at radius 1 is 1.20 bits per heavy atom. The number of carbonyl (C=O) groups is 1. The molecule has 2 aromatic carbocycles. The van der Waals surface area contributed by atoms with Gasteiger partial charge in [0.1, 0.15) is 0 Å². The predicted octanol–water partition coefficient (Wildman–Crippen LogP) is 4.55. The smallest absolute Gasteiger partial charge is 0.311 e. The largest absolute Gasteiger partial charge is 0.490 e. The number of hydrogen-bond acceptors (Lipinski definition) is 9. The van der Waals surface area contributed by atoms with Crippen LogP contribution in [0.4, 0.5) is 22.2 Å². The highest BCUT2D eigenvalue weighted by Gasteiger charge is 2.18. The SMILES string of the molecule is COc1cc(NC(=O)CSc2nnc(Nc3ccccc3C)s2)c(C)cc1[N+](=O)[O-]. The summed E-state index contributed by atoms with van der Waals surface area (Å²) in [6, 6.07) is 10.7. The van der Waals surface area contributed by atoms with Crippen molar-refractivity contribution in [2.75, 3.05) is 23.5 Å². The van der Waals surface area contributed by atoms with Gasteiger partial charge in [0.15, 0.2) is 10.1 Å². The molecule has 1 aromatic heterocycles. The molecule has 0 saturated carbocycles. The van der Waals surface area contributed by atoms with Gasteiger partial charge in [-0.15, -0.1) is 10.2 Å². The van der Waals surface area contributed by atoms with Crippen LogP contribution in [0.15, 0.2) is 40.7 Å². The lowest BCUT2D eigenvalue weighted by atomic mass is 10.1. The molecule has 0 radical (unpaired) electrons. The molecule has 0 saturated heterocycles. The molecule has 0 aliphatic carbocycles. The maximum Gasteiger partial charge on any atom is 0.311 e. The number of carbonyl (C=O) groups excluding carboxylic acids is 1. The van der Waals surface area contributed by atoms with Crippen LogP contribution in [0.3, 0.4) is 0 Å². The third kappa shape index (κ3) is 5.24. The van der Waals surface area contributed by atoms with E-state index >= 15 is 0 Å². The molecule has 11 heteroatoms. The summed E-state index contributed by atoms with van der Waals surface area (Å²) >= 11 is 2.61. The first-order chi connectivity index (χ1) is 14.4. The second-order valence-corrected chi connectivity index (χ2v) is 8.45. The van der Waals surface area contributed by atoms with Crippen molar-refractivity contribution in [2.45, 2.75) is 18.2 Å². The van der Waals surface area contributed by atoms with E-state index < -0.39 is 4.92 Å². The molecule has 0 fully saturated rings. The first-order valence-corrected chi connectivity index (χ1v) is 10.6. The summed E-state index contributed by atoms with van der Waals surface area (Å²) in [5.41, 5.74) is 2.93. The molecule has 9 nitrogen and oxygen atoms in total. The number of rotatable bonds is 8. The molecule has 2 N–H and O–H groups in total. The molecule has 0 bridgehead atoms. The van der Waals surface area contributed by atoms with Gasteiger partial charge >= 0.3 is 5.69 Å². The Hall–Kier alpha value is -3.18. The van der Waals surface area contributed by atoms with E-state index in [-0.39, 0.29) is 23.1 Å². The zero-order valence-electron chi connectivity index (χ0n) is 16.5. The van der Waals surface area contributed by atoms with Crippen molar-refractivity contribution >= 4 is 51.2 Å². The van der Waals surface area contributed by atoms with Crippen LogP contribution in [0, 0.1) is 24.0 Å². The predicted molar refractivity (Wildman–Crippen MR) is 118 cm³/mol. The quantitative estimate of drug-likeness (QED) is 0.294.